The number of aliphatic hydroxyl groups is 1. The molecule has 1 atom stereocenters. The number of aromatic nitrogens is 1. The monoisotopic (exact) mass is 646 g/mol. The van der Waals surface area contributed by atoms with Gasteiger partial charge < -0.3 is 24.5 Å². The van der Waals surface area contributed by atoms with Crippen LogP contribution in [-0.4, -0.2) is 39.0 Å². The molecule has 2 aromatic carbocycles. The molecule has 1 aromatic heterocycles. The molecule has 0 unspecified atom stereocenters. The molecule has 15 heteroatoms. The maximum Gasteiger partial charge on any atom is 0.387 e. The average molecular weight is 647 g/mol. The van der Waals surface area contributed by atoms with E-state index < -0.39 is 35.3 Å². The van der Waals surface area contributed by atoms with Crippen LogP contribution < -0.4 is 18.9 Å². The van der Waals surface area contributed by atoms with Gasteiger partial charge in [0, 0.05) is 17.5 Å². The van der Waals surface area contributed by atoms with E-state index in [1.807, 2.05) is 0 Å². The van der Waals surface area contributed by atoms with Gasteiger partial charge in [0.05, 0.1) is 30.7 Å². The number of pyridine rings is 1. The van der Waals surface area contributed by atoms with Crippen molar-refractivity contribution < 1.29 is 46.0 Å². The second-order valence-electron chi connectivity index (χ2n) is 9.63. The lowest BCUT2D eigenvalue weighted by Gasteiger charge is -2.22. The van der Waals surface area contributed by atoms with Gasteiger partial charge >= 0.3 is 12.6 Å². The smallest absolute Gasteiger partial charge is 0.387 e. The number of nitrogens with one attached hydrogen (secondary N) is 1. The lowest BCUT2D eigenvalue weighted by molar-refractivity contribution is -0.605. The van der Waals surface area contributed by atoms with Crippen molar-refractivity contribution in [1.82, 2.24) is 0 Å². The maximum absolute atomic E-state index is 13.3. The molecule has 0 radical (unpaired) electrons. The van der Waals surface area contributed by atoms with E-state index in [1.54, 1.807) is 0 Å². The topological polar surface area (TPSA) is 138 Å². The molecule has 4 rings (SSSR count). The van der Waals surface area contributed by atoms with E-state index in [0.717, 1.165) is 31.5 Å². The Labute approximate surface area is 250 Å². The molecule has 226 valence electrons. The highest BCUT2D eigenvalue weighted by atomic mass is 35.5. The summed E-state index contributed by atoms with van der Waals surface area (Å²) >= 11 is 12.6. The lowest BCUT2D eigenvalue weighted by atomic mass is 10.0. The number of rotatable bonds is 13. The Balaban J connectivity index is 1.70. The summed E-state index contributed by atoms with van der Waals surface area (Å²) in [5, 5.41) is 21.5. The minimum absolute atomic E-state index is 0.000165. The number of anilines is 1. The van der Waals surface area contributed by atoms with Gasteiger partial charge in [0.2, 0.25) is 10.0 Å². The van der Waals surface area contributed by atoms with Gasteiger partial charge in [-0.25, -0.2) is 13.2 Å². The van der Waals surface area contributed by atoms with Crippen molar-refractivity contribution in [3.05, 3.63) is 86.3 Å². The van der Waals surface area contributed by atoms with Crippen LogP contribution in [0.15, 0.2) is 48.8 Å². The first kappa shape index (κ1) is 31.5. The zero-order chi connectivity index (χ0) is 30.6. The molecule has 1 fully saturated rings. The van der Waals surface area contributed by atoms with E-state index in [0.29, 0.717) is 16.2 Å². The van der Waals surface area contributed by atoms with Crippen LogP contribution in [0.3, 0.4) is 0 Å². The van der Waals surface area contributed by atoms with Gasteiger partial charge in [-0.05, 0) is 54.7 Å². The summed E-state index contributed by atoms with van der Waals surface area (Å²) in [4.78, 5) is 13.3. The van der Waals surface area contributed by atoms with Gasteiger partial charge in [0.15, 0.2) is 23.9 Å². The highest BCUT2D eigenvalue weighted by Gasteiger charge is 2.27. The number of hydrogen-bond acceptors (Lipinski definition) is 8. The fourth-order valence-corrected chi connectivity index (χ4v) is 5.21. The molecule has 0 spiro atoms. The molecule has 1 aliphatic rings. The minimum atomic E-state index is -3.66. The molecule has 0 saturated heterocycles. The third-order valence-corrected chi connectivity index (χ3v) is 7.47. The predicted octanol–water partition coefficient (Wildman–Crippen LogP) is 5.02. The van der Waals surface area contributed by atoms with Crippen molar-refractivity contribution in [2.75, 3.05) is 17.6 Å². The van der Waals surface area contributed by atoms with Crippen molar-refractivity contribution in [3.8, 4) is 11.5 Å². The Morgan fingerprint density at radius 2 is 1.83 bits per heavy atom. The first-order valence-electron chi connectivity index (χ1n) is 12.5. The van der Waals surface area contributed by atoms with Crippen LogP contribution in [-0.2, 0) is 27.8 Å². The van der Waals surface area contributed by atoms with Gasteiger partial charge in [-0.15, -0.1) is 0 Å². The third-order valence-electron chi connectivity index (χ3n) is 6.23. The second kappa shape index (κ2) is 13.3. The summed E-state index contributed by atoms with van der Waals surface area (Å²) in [6.07, 6.45) is 3.75. The van der Waals surface area contributed by atoms with E-state index in [-0.39, 0.29) is 56.9 Å². The number of aliphatic hydroxyl groups excluding tert-OH is 1. The van der Waals surface area contributed by atoms with E-state index in [1.165, 1.54) is 36.4 Å². The van der Waals surface area contributed by atoms with Crippen molar-refractivity contribution >= 4 is 44.9 Å². The highest BCUT2D eigenvalue weighted by Crippen LogP contribution is 2.38. The highest BCUT2D eigenvalue weighted by molar-refractivity contribution is 7.92. The fraction of sp³-hybridized carbons (Fsp3) is 0.333. The zero-order valence-electron chi connectivity index (χ0n) is 22.1. The molecular formula is C27H26Cl2F2N2O8S. The Bertz CT molecular complexity index is 1550. The number of carbonyl (C=O) groups is 1. The van der Waals surface area contributed by atoms with Crippen LogP contribution in [0.5, 0.6) is 11.5 Å². The zero-order valence-corrected chi connectivity index (χ0v) is 24.4. The molecule has 0 amide bonds. The Morgan fingerprint density at radius 3 is 2.43 bits per heavy atom. The Hall–Kier alpha value is -3.39. The van der Waals surface area contributed by atoms with E-state index >= 15 is 0 Å². The third kappa shape index (κ3) is 8.57. The van der Waals surface area contributed by atoms with Crippen LogP contribution in [0.25, 0.3) is 0 Å². The van der Waals surface area contributed by atoms with Crippen molar-refractivity contribution in [3.63, 3.8) is 0 Å². The first-order valence-corrected chi connectivity index (χ1v) is 15.2. The molecule has 0 bridgehead atoms. The van der Waals surface area contributed by atoms with E-state index in [9.17, 15) is 32.3 Å². The van der Waals surface area contributed by atoms with Crippen molar-refractivity contribution in [2.24, 2.45) is 5.92 Å². The molecular weight excluding hydrogens is 621 g/mol. The standard InChI is InChI=1S/C27H26Cl2F2N2O8S/c1-42(37,38)32-22-6-4-17(8-18(22)13-34)26(35)40-24(10-19-20(28)11-33(36)12-21(19)29)16-5-7-23(41-27(30)31)25(9-16)39-14-15-2-3-15/h4-9,11-12,15,24,27,32,34H,2-3,10,13-14H2,1H3/t24-/m0/s1. The Morgan fingerprint density at radius 1 is 1.14 bits per heavy atom. The largest absolute Gasteiger partial charge is 0.619 e. The number of hydrogen-bond donors (Lipinski definition) is 2. The number of carbonyl (C=O) groups excluding carboxylic acids is 1. The summed E-state index contributed by atoms with van der Waals surface area (Å²) in [6.45, 7) is -3.40. The lowest BCUT2D eigenvalue weighted by Crippen LogP contribution is -2.25. The summed E-state index contributed by atoms with van der Waals surface area (Å²) < 4.78 is 68.3. The van der Waals surface area contributed by atoms with Gasteiger partial charge in [-0.1, -0.05) is 29.3 Å². The average Bonchev–Trinajstić information content (AvgIpc) is 3.73. The number of ether oxygens (including phenoxy) is 3. The second-order valence-corrected chi connectivity index (χ2v) is 12.2. The fourth-order valence-electron chi connectivity index (χ4n) is 4.01. The minimum Gasteiger partial charge on any atom is -0.619 e. The van der Waals surface area contributed by atoms with Gasteiger partial charge in [0.25, 0.3) is 0 Å². The number of nitrogens with zero attached hydrogens (tertiary/aromatic N) is 1. The Kier molecular flexibility index (Phi) is 9.97. The van der Waals surface area contributed by atoms with Gasteiger partial charge in [0.1, 0.15) is 16.1 Å². The molecule has 10 nitrogen and oxygen atoms in total. The SMILES string of the molecule is CS(=O)(=O)Nc1ccc(C(=O)O[C@@H](Cc2c(Cl)c[n+]([O-])cc2Cl)c2ccc(OC(F)F)c(OCC3CC3)c2)cc1CO. The number of halogens is 4. The normalized spacial score (nSPS) is 14.0. The molecule has 0 aliphatic heterocycles. The van der Waals surface area contributed by atoms with Crippen molar-refractivity contribution in [2.45, 2.75) is 38.6 Å². The summed E-state index contributed by atoms with van der Waals surface area (Å²) in [7, 11) is -3.66. The number of esters is 1. The summed E-state index contributed by atoms with van der Waals surface area (Å²) in [5.74, 6) is -0.759. The molecule has 3 aromatic rings. The molecule has 1 aliphatic carbocycles. The van der Waals surface area contributed by atoms with Crippen LogP contribution in [0.1, 0.15) is 46.0 Å². The van der Waals surface area contributed by atoms with E-state index in [4.69, 9.17) is 32.7 Å². The number of sulfonamides is 1. The molecule has 2 N–H and O–H groups in total. The first-order chi connectivity index (χ1) is 19.8. The van der Waals surface area contributed by atoms with Gasteiger partial charge in [-0.3, -0.25) is 4.72 Å². The van der Waals surface area contributed by atoms with E-state index in [2.05, 4.69) is 9.46 Å². The van der Waals surface area contributed by atoms with Crippen molar-refractivity contribution in [1.29, 1.82) is 0 Å². The van der Waals surface area contributed by atoms with Crippen LogP contribution >= 0.6 is 23.2 Å². The van der Waals surface area contributed by atoms with Crippen LogP contribution in [0.4, 0.5) is 14.5 Å². The quantitative estimate of drug-likeness (QED) is 0.150. The summed E-state index contributed by atoms with van der Waals surface area (Å²) in [5.41, 5.74) is 0.771. The van der Waals surface area contributed by atoms with Gasteiger partial charge in [-0.2, -0.15) is 13.5 Å². The number of benzene rings is 2. The predicted molar refractivity (Wildman–Crippen MR) is 149 cm³/mol. The number of alkyl halides is 2. The summed E-state index contributed by atoms with van der Waals surface area (Å²) in [6, 6.07) is 7.96. The molecule has 1 saturated carbocycles. The molecule has 1 heterocycles. The van der Waals surface area contributed by atoms with Crippen LogP contribution in [0.2, 0.25) is 10.0 Å². The van der Waals surface area contributed by atoms with Crippen LogP contribution in [0, 0.1) is 11.1 Å². The maximum atomic E-state index is 13.3. The molecule has 42 heavy (non-hydrogen) atoms.